The maximum absolute atomic E-state index is 13.1. The van der Waals surface area contributed by atoms with Crippen molar-refractivity contribution in [3.05, 3.63) is 59.7 Å². The molecule has 4 aliphatic carbocycles. The molecule has 4 aliphatic rings. The summed E-state index contributed by atoms with van der Waals surface area (Å²) in [5, 5.41) is 15.5. The first kappa shape index (κ1) is 22.1. The van der Waals surface area contributed by atoms with Crippen LogP contribution in [0.5, 0.6) is 0 Å². The van der Waals surface area contributed by atoms with Crippen LogP contribution in [0, 0.1) is 17.3 Å². The van der Waals surface area contributed by atoms with Crippen molar-refractivity contribution < 1.29 is 24.2 Å². The SMILES string of the molecule is CC(NC(=O)[C@]12C[C@H](NC(=O)OCC3c4ccccc4-c4ccccc43)C[C@H]1C2)(C(=O)O)C1CC1. The summed E-state index contributed by atoms with van der Waals surface area (Å²) in [5.74, 6) is -0.991. The number of ether oxygens (including phenoxy) is 1. The van der Waals surface area contributed by atoms with Gasteiger partial charge in [-0.25, -0.2) is 9.59 Å². The second kappa shape index (κ2) is 7.83. The lowest BCUT2D eigenvalue weighted by Crippen LogP contribution is -2.56. The summed E-state index contributed by atoms with van der Waals surface area (Å²) in [7, 11) is 0. The number of carboxylic acids is 1. The molecule has 0 spiro atoms. The van der Waals surface area contributed by atoms with Crippen molar-refractivity contribution in [2.24, 2.45) is 17.3 Å². The highest BCUT2D eigenvalue weighted by molar-refractivity contribution is 5.92. The highest BCUT2D eigenvalue weighted by Gasteiger charge is 2.66. The Morgan fingerprint density at radius 1 is 1.03 bits per heavy atom. The molecule has 7 heteroatoms. The second-order valence-corrected chi connectivity index (χ2v) is 10.9. The Balaban J connectivity index is 1.06. The predicted molar refractivity (Wildman–Crippen MR) is 129 cm³/mol. The van der Waals surface area contributed by atoms with Crippen molar-refractivity contribution in [2.75, 3.05) is 6.61 Å². The predicted octanol–water partition coefficient (Wildman–Crippen LogP) is 4.06. The largest absolute Gasteiger partial charge is 0.480 e. The van der Waals surface area contributed by atoms with Crippen molar-refractivity contribution in [1.82, 2.24) is 10.6 Å². The molecule has 3 N–H and O–H groups in total. The van der Waals surface area contributed by atoms with Gasteiger partial charge in [-0.05, 0) is 73.1 Å². The molecule has 0 radical (unpaired) electrons. The average molecular weight is 475 g/mol. The molecule has 0 aromatic heterocycles. The Morgan fingerprint density at radius 2 is 1.66 bits per heavy atom. The molecular weight excluding hydrogens is 444 g/mol. The third kappa shape index (κ3) is 3.60. The van der Waals surface area contributed by atoms with Gasteiger partial charge in [-0.3, -0.25) is 4.79 Å². The molecule has 7 nitrogen and oxygen atoms in total. The smallest absolute Gasteiger partial charge is 0.407 e. The van der Waals surface area contributed by atoms with Gasteiger partial charge in [0.2, 0.25) is 5.91 Å². The number of fused-ring (bicyclic) bond motifs is 4. The average Bonchev–Trinajstić information content (AvgIpc) is 3.75. The van der Waals surface area contributed by atoms with Gasteiger partial charge >= 0.3 is 12.1 Å². The quantitative estimate of drug-likeness (QED) is 0.561. The molecule has 2 aromatic rings. The normalized spacial score (nSPS) is 27.7. The Hall–Kier alpha value is -3.35. The van der Waals surface area contributed by atoms with E-state index in [-0.39, 0.29) is 36.3 Å². The van der Waals surface area contributed by atoms with E-state index in [0.29, 0.717) is 12.8 Å². The highest BCUT2D eigenvalue weighted by Crippen LogP contribution is 2.64. The number of rotatable bonds is 7. The molecule has 3 saturated carbocycles. The molecule has 3 fully saturated rings. The van der Waals surface area contributed by atoms with Crippen LogP contribution >= 0.6 is 0 Å². The van der Waals surface area contributed by atoms with Crippen molar-refractivity contribution in [3.63, 3.8) is 0 Å². The molecule has 35 heavy (non-hydrogen) atoms. The fourth-order valence-electron chi connectivity index (χ4n) is 6.44. The summed E-state index contributed by atoms with van der Waals surface area (Å²) in [5.41, 5.74) is 2.92. The molecule has 0 heterocycles. The van der Waals surface area contributed by atoms with Crippen LogP contribution in [0.4, 0.5) is 4.79 Å². The van der Waals surface area contributed by atoms with Crippen LogP contribution in [0.25, 0.3) is 11.1 Å². The van der Waals surface area contributed by atoms with Gasteiger partial charge in [-0.15, -0.1) is 0 Å². The van der Waals surface area contributed by atoms with E-state index in [0.717, 1.165) is 30.4 Å². The summed E-state index contributed by atoms with van der Waals surface area (Å²) in [6.07, 6.45) is 3.17. The van der Waals surface area contributed by atoms with Gasteiger partial charge in [0, 0.05) is 12.0 Å². The van der Waals surface area contributed by atoms with Crippen molar-refractivity contribution in [3.8, 4) is 11.1 Å². The summed E-state index contributed by atoms with van der Waals surface area (Å²) < 4.78 is 5.67. The number of hydrogen-bond donors (Lipinski definition) is 3. The van der Waals surface area contributed by atoms with E-state index in [4.69, 9.17) is 4.74 Å². The number of benzene rings is 2. The van der Waals surface area contributed by atoms with Crippen LogP contribution in [-0.4, -0.2) is 41.3 Å². The lowest BCUT2D eigenvalue weighted by atomic mass is 9.93. The fourth-order valence-corrected chi connectivity index (χ4v) is 6.44. The molecule has 2 aromatic carbocycles. The molecule has 1 unspecified atom stereocenters. The number of carboxylic acid groups (broad SMARTS) is 1. The standard InChI is InChI=1S/C28H30N2O5/c1-27(25(32)33,16-10-11-16)30-24(31)28-13-17(28)12-18(14-28)29-26(34)35-15-23-21-8-4-2-6-19(21)20-7-3-5-9-22(20)23/h2-9,16-18,23H,10-15H2,1H3,(H,29,34)(H,30,31)(H,32,33)/t17-,18+,27?,28+/m0/s1. The Kier molecular flexibility index (Phi) is 4.95. The first-order valence-electron chi connectivity index (χ1n) is 12.5. The van der Waals surface area contributed by atoms with Gasteiger partial charge in [0.05, 0.1) is 5.41 Å². The zero-order valence-electron chi connectivity index (χ0n) is 19.8. The molecule has 0 bridgehead atoms. The van der Waals surface area contributed by atoms with E-state index in [1.165, 1.54) is 11.1 Å². The topological polar surface area (TPSA) is 105 Å². The zero-order valence-corrected chi connectivity index (χ0v) is 19.8. The first-order valence-corrected chi connectivity index (χ1v) is 12.5. The van der Waals surface area contributed by atoms with E-state index >= 15 is 0 Å². The molecule has 2 amide bonds. The Bertz CT molecular complexity index is 1180. The van der Waals surface area contributed by atoms with Crippen LogP contribution in [0.15, 0.2) is 48.5 Å². The number of carbonyl (C=O) groups excluding carboxylic acids is 2. The molecule has 0 saturated heterocycles. The summed E-state index contributed by atoms with van der Waals surface area (Å²) in [6.45, 7) is 1.86. The fraction of sp³-hybridized carbons (Fsp3) is 0.464. The minimum absolute atomic E-state index is 0.00151. The van der Waals surface area contributed by atoms with Crippen LogP contribution < -0.4 is 10.6 Å². The third-order valence-corrected chi connectivity index (χ3v) is 8.74. The monoisotopic (exact) mass is 474 g/mol. The Morgan fingerprint density at radius 3 is 2.26 bits per heavy atom. The number of hydrogen-bond acceptors (Lipinski definition) is 4. The molecule has 182 valence electrons. The van der Waals surface area contributed by atoms with Crippen molar-refractivity contribution >= 4 is 18.0 Å². The number of nitrogens with one attached hydrogen (secondary N) is 2. The molecular formula is C28H30N2O5. The maximum atomic E-state index is 13.1. The minimum Gasteiger partial charge on any atom is -0.480 e. The zero-order chi connectivity index (χ0) is 24.4. The minimum atomic E-state index is -1.21. The van der Waals surface area contributed by atoms with Crippen LogP contribution in [0.3, 0.4) is 0 Å². The van der Waals surface area contributed by atoms with Gasteiger partial charge in [0.1, 0.15) is 12.1 Å². The van der Waals surface area contributed by atoms with Gasteiger partial charge in [-0.2, -0.15) is 0 Å². The van der Waals surface area contributed by atoms with Gasteiger partial charge < -0.3 is 20.5 Å². The van der Waals surface area contributed by atoms with E-state index in [1.807, 2.05) is 24.3 Å². The number of alkyl carbamates (subject to hydrolysis) is 1. The lowest BCUT2D eigenvalue weighted by Gasteiger charge is -2.28. The maximum Gasteiger partial charge on any atom is 0.407 e. The molecule has 4 atom stereocenters. The van der Waals surface area contributed by atoms with E-state index in [9.17, 15) is 19.5 Å². The second-order valence-electron chi connectivity index (χ2n) is 10.9. The number of aliphatic carboxylic acids is 1. The van der Waals surface area contributed by atoms with Gasteiger partial charge in [0.25, 0.3) is 0 Å². The van der Waals surface area contributed by atoms with Crippen LogP contribution in [-0.2, 0) is 14.3 Å². The van der Waals surface area contributed by atoms with Crippen LogP contribution in [0.2, 0.25) is 0 Å². The summed E-state index contributed by atoms with van der Waals surface area (Å²) in [6, 6.07) is 16.3. The summed E-state index contributed by atoms with van der Waals surface area (Å²) >= 11 is 0. The molecule has 0 aliphatic heterocycles. The highest BCUT2D eigenvalue weighted by atomic mass is 16.5. The first-order chi connectivity index (χ1) is 16.8. The van der Waals surface area contributed by atoms with Gasteiger partial charge in [-0.1, -0.05) is 48.5 Å². The lowest BCUT2D eigenvalue weighted by molar-refractivity contribution is -0.149. The van der Waals surface area contributed by atoms with E-state index < -0.39 is 23.0 Å². The van der Waals surface area contributed by atoms with E-state index in [2.05, 4.69) is 34.9 Å². The number of amides is 2. The van der Waals surface area contributed by atoms with Crippen molar-refractivity contribution in [2.45, 2.75) is 56.5 Å². The van der Waals surface area contributed by atoms with Gasteiger partial charge in [0.15, 0.2) is 0 Å². The van der Waals surface area contributed by atoms with E-state index in [1.54, 1.807) is 6.92 Å². The Labute approximate surface area is 204 Å². The molecule has 6 rings (SSSR count). The van der Waals surface area contributed by atoms with Crippen LogP contribution in [0.1, 0.15) is 56.1 Å². The summed E-state index contributed by atoms with van der Waals surface area (Å²) in [4.78, 5) is 37.6. The third-order valence-electron chi connectivity index (χ3n) is 8.74. The van der Waals surface area contributed by atoms with Crippen molar-refractivity contribution in [1.29, 1.82) is 0 Å². The number of carbonyl (C=O) groups is 3.